The molecule has 0 saturated heterocycles. The molecule has 0 bridgehead atoms. The van der Waals surface area contributed by atoms with Gasteiger partial charge in [0.2, 0.25) is 0 Å². The van der Waals surface area contributed by atoms with Gasteiger partial charge in [-0.3, -0.25) is 0 Å². The summed E-state index contributed by atoms with van der Waals surface area (Å²) in [6.07, 6.45) is 3.96. The number of pyridine rings is 1. The zero-order valence-corrected chi connectivity index (χ0v) is 8.36. The maximum atomic E-state index is 4.34. The second kappa shape index (κ2) is 2.56. The average molecular weight is 178 g/mol. The number of aromatic nitrogens is 2. The van der Waals surface area contributed by atoms with Crippen molar-refractivity contribution in [2.24, 2.45) is 0 Å². The van der Waals surface area contributed by atoms with Crippen molar-refractivity contribution in [1.82, 2.24) is 9.32 Å². The Balaban J connectivity index is 2.90. The highest BCUT2D eigenvalue weighted by molar-refractivity contribution is 7.14. The Morgan fingerprint density at radius 3 is 2.92 bits per heavy atom. The summed E-state index contributed by atoms with van der Waals surface area (Å²) in [6.45, 7) is 4.16. The molecule has 2 heterocycles. The monoisotopic (exact) mass is 178 g/mol. The van der Waals surface area contributed by atoms with Crippen LogP contribution in [-0.4, -0.2) is 9.32 Å². The Morgan fingerprint density at radius 2 is 2.17 bits per heavy atom. The molecule has 0 amide bonds. The second-order valence-electron chi connectivity index (χ2n) is 3.10. The molecule has 3 heteroatoms. The molecule has 0 aliphatic carbocycles. The van der Waals surface area contributed by atoms with Gasteiger partial charge >= 0.3 is 0 Å². The van der Waals surface area contributed by atoms with Gasteiger partial charge in [0.1, 0.15) is 5.65 Å². The van der Waals surface area contributed by atoms with Crippen LogP contribution < -0.4 is 0 Å². The highest BCUT2D eigenvalue weighted by Crippen LogP contribution is 2.20. The zero-order valence-electron chi connectivity index (χ0n) is 7.20. The molecule has 1 atom stereocenters. The maximum absolute atomic E-state index is 4.34. The van der Waals surface area contributed by atoms with Crippen molar-refractivity contribution in [1.29, 1.82) is 0 Å². The van der Waals surface area contributed by atoms with Crippen LogP contribution in [-0.2, 0) is 0 Å². The lowest BCUT2D eigenvalue weighted by atomic mass is 10.2. The number of rotatable bonds is 0. The minimum Gasteiger partial charge on any atom is -0.317 e. The molecule has 0 spiro atoms. The first kappa shape index (κ1) is 7.75. The molecular weight excluding hydrogens is 167 g/mol. The quantitative estimate of drug-likeness (QED) is 0.566. The average Bonchev–Trinajstić information content (AvgIpc) is 2.28. The van der Waals surface area contributed by atoms with Crippen LogP contribution in [0.1, 0.15) is 11.1 Å². The molecule has 2 rings (SSSR count). The summed E-state index contributed by atoms with van der Waals surface area (Å²) in [5.74, 6) is 0. The van der Waals surface area contributed by atoms with Crippen LogP contribution in [0.25, 0.3) is 11.0 Å². The molecule has 2 nitrogen and oxygen atoms in total. The normalized spacial score (nSPS) is 10.9. The van der Waals surface area contributed by atoms with Gasteiger partial charge in [0.15, 0.2) is 0 Å². The van der Waals surface area contributed by atoms with Crippen LogP contribution >= 0.6 is 9.39 Å². The van der Waals surface area contributed by atoms with Crippen LogP contribution in [0.5, 0.6) is 0 Å². The van der Waals surface area contributed by atoms with E-state index in [4.69, 9.17) is 0 Å². The minimum atomic E-state index is 1.03. The van der Waals surface area contributed by atoms with Crippen molar-refractivity contribution in [3.8, 4) is 0 Å². The van der Waals surface area contributed by atoms with E-state index in [0.29, 0.717) is 0 Å². The second-order valence-corrected chi connectivity index (χ2v) is 3.66. The van der Waals surface area contributed by atoms with Crippen molar-refractivity contribution in [2.45, 2.75) is 13.8 Å². The molecule has 1 unspecified atom stereocenters. The summed E-state index contributed by atoms with van der Waals surface area (Å²) in [4.78, 5) is 4.34. The van der Waals surface area contributed by atoms with E-state index in [9.17, 15) is 0 Å². The van der Waals surface area contributed by atoms with Crippen molar-refractivity contribution >= 4 is 20.4 Å². The Labute approximate surface area is 73.9 Å². The lowest BCUT2D eigenvalue weighted by Gasteiger charge is -1.95. The van der Waals surface area contributed by atoms with Crippen molar-refractivity contribution in [2.75, 3.05) is 0 Å². The first-order valence-electron chi connectivity index (χ1n) is 3.88. The Hall–Kier alpha value is -0.880. The summed E-state index contributed by atoms with van der Waals surface area (Å²) < 4.78 is 1.98. The zero-order chi connectivity index (χ0) is 8.72. The summed E-state index contributed by atoms with van der Waals surface area (Å²) >= 11 is 0. The highest BCUT2D eigenvalue weighted by atomic mass is 31.0. The largest absolute Gasteiger partial charge is 0.317 e. The standard InChI is InChI=1S/C9H11N2P/c1-6-3-8-7(2)5-11(12)9(8)10-4-6/h3-5H,12H2,1-2H3. The van der Waals surface area contributed by atoms with Crippen LogP contribution in [0.2, 0.25) is 0 Å². The van der Waals surface area contributed by atoms with E-state index in [1.165, 1.54) is 16.5 Å². The number of fused-ring (bicyclic) bond motifs is 1. The van der Waals surface area contributed by atoms with E-state index in [0.717, 1.165) is 5.65 Å². The third-order valence-electron chi connectivity index (χ3n) is 2.01. The fourth-order valence-electron chi connectivity index (χ4n) is 1.40. The number of nitrogens with zero attached hydrogens (tertiary/aromatic N) is 2. The van der Waals surface area contributed by atoms with Gasteiger partial charge in [-0.25, -0.2) is 4.98 Å². The molecule has 0 radical (unpaired) electrons. The topological polar surface area (TPSA) is 17.8 Å². The lowest BCUT2D eigenvalue weighted by Crippen LogP contribution is -1.81. The van der Waals surface area contributed by atoms with Crippen molar-refractivity contribution in [3.05, 3.63) is 29.6 Å². The van der Waals surface area contributed by atoms with E-state index in [1.807, 2.05) is 10.5 Å². The smallest absolute Gasteiger partial charge is 0.142 e. The van der Waals surface area contributed by atoms with Gasteiger partial charge in [-0.2, -0.15) is 0 Å². The van der Waals surface area contributed by atoms with Crippen LogP contribution in [0, 0.1) is 13.8 Å². The number of hydrogen-bond acceptors (Lipinski definition) is 1. The molecule has 2 aromatic rings. The van der Waals surface area contributed by atoms with E-state index in [-0.39, 0.29) is 0 Å². The summed E-state index contributed by atoms with van der Waals surface area (Å²) in [7, 11) is 2.63. The van der Waals surface area contributed by atoms with Gasteiger partial charge in [-0.05, 0) is 40.4 Å². The summed E-state index contributed by atoms with van der Waals surface area (Å²) in [6, 6.07) is 2.16. The molecular formula is C9H11N2P. The third kappa shape index (κ3) is 1.03. The molecule has 2 aromatic heterocycles. The maximum Gasteiger partial charge on any atom is 0.142 e. The highest BCUT2D eigenvalue weighted by Gasteiger charge is 2.02. The third-order valence-corrected chi connectivity index (χ3v) is 2.40. The lowest BCUT2D eigenvalue weighted by molar-refractivity contribution is 1.24. The summed E-state index contributed by atoms with van der Waals surface area (Å²) in [5, 5.41) is 1.24. The van der Waals surface area contributed by atoms with Crippen molar-refractivity contribution < 1.29 is 0 Å². The molecule has 12 heavy (non-hydrogen) atoms. The van der Waals surface area contributed by atoms with Crippen LogP contribution in [0.3, 0.4) is 0 Å². The number of hydrogen-bond donors (Lipinski definition) is 0. The molecule has 62 valence electrons. The molecule has 0 saturated carbocycles. The molecule has 0 aromatic carbocycles. The van der Waals surface area contributed by atoms with Crippen LogP contribution in [0.4, 0.5) is 0 Å². The first-order valence-corrected chi connectivity index (χ1v) is 4.39. The molecule has 0 aliphatic heterocycles. The van der Waals surface area contributed by atoms with Crippen LogP contribution in [0.15, 0.2) is 18.5 Å². The van der Waals surface area contributed by atoms with Gasteiger partial charge in [0.05, 0.1) is 0 Å². The Bertz CT molecular complexity index is 431. The fourth-order valence-corrected chi connectivity index (χ4v) is 1.83. The van der Waals surface area contributed by atoms with Gasteiger partial charge in [-0.15, -0.1) is 0 Å². The molecule has 0 N–H and O–H groups in total. The summed E-state index contributed by atoms with van der Waals surface area (Å²) in [5.41, 5.74) is 3.51. The molecule has 0 aliphatic rings. The van der Waals surface area contributed by atoms with E-state index >= 15 is 0 Å². The van der Waals surface area contributed by atoms with Gasteiger partial charge in [-0.1, -0.05) is 0 Å². The Kier molecular flexibility index (Phi) is 1.66. The van der Waals surface area contributed by atoms with E-state index < -0.39 is 0 Å². The van der Waals surface area contributed by atoms with Gasteiger partial charge in [0, 0.05) is 17.8 Å². The minimum absolute atomic E-state index is 1.03. The predicted molar refractivity (Wildman–Crippen MR) is 54.3 cm³/mol. The van der Waals surface area contributed by atoms with Gasteiger partial charge in [0.25, 0.3) is 0 Å². The van der Waals surface area contributed by atoms with E-state index in [2.05, 4.69) is 40.5 Å². The fraction of sp³-hybridized carbons (Fsp3) is 0.222. The van der Waals surface area contributed by atoms with E-state index in [1.54, 1.807) is 0 Å². The number of aryl methyl sites for hydroxylation is 2. The first-order chi connectivity index (χ1) is 5.68. The predicted octanol–water partition coefficient (Wildman–Crippen LogP) is 2.29. The Morgan fingerprint density at radius 1 is 1.42 bits per heavy atom. The molecule has 0 fully saturated rings. The SMILES string of the molecule is Cc1cnc2c(c1)c(C)cn2P. The van der Waals surface area contributed by atoms with Gasteiger partial charge < -0.3 is 4.34 Å². The van der Waals surface area contributed by atoms with Crippen molar-refractivity contribution in [3.63, 3.8) is 0 Å².